The Bertz CT molecular complexity index is 425. The van der Waals surface area contributed by atoms with Crippen molar-refractivity contribution >= 4 is 0 Å². The normalized spacial score (nSPS) is 22.2. The lowest BCUT2D eigenvalue weighted by Crippen LogP contribution is -2.44. The summed E-state index contributed by atoms with van der Waals surface area (Å²) in [6, 6.07) is 10.4. The molecule has 0 bridgehead atoms. The van der Waals surface area contributed by atoms with Gasteiger partial charge in [-0.25, -0.2) is 0 Å². The molecule has 0 spiro atoms. The minimum Gasteiger partial charge on any atom is -0.389 e. The molecule has 1 heterocycles. The highest BCUT2D eigenvalue weighted by molar-refractivity contribution is 5.14. The minimum atomic E-state index is -0.534. The van der Waals surface area contributed by atoms with Gasteiger partial charge in [-0.05, 0) is 18.4 Å². The number of rotatable bonds is 6. The molecule has 4 nitrogen and oxygen atoms in total. The standard InChI is InChI=1S/C17H25NO3/c19-17(8-4-5-9-17)14-18(13-16-20-10-11-21-16)12-15-6-2-1-3-7-15/h1-3,6-7,16,19H,4-5,8-14H2. The van der Waals surface area contributed by atoms with E-state index in [2.05, 4.69) is 29.2 Å². The molecule has 4 heteroatoms. The first kappa shape index (κ1) is 15.0. The number of benzene rings is 1. The minimum absolute atomic E-state index is 0.154. The van der Waals surface area contributed by atoms with Crippen LogP contribution in [0.4, 0.5) is 0 Å². The number of aliphatic hydroxyl groups is 1. The van der Waals surface area contributed by atoms with Crippen molar-refractivity contribution in [1.29, 1.82) is 0 Å². The van der Waals surface area contributed by atoms with Crippen molar-refractivity contribution in [3.8, 4) is 0 Å². The molecular formula is C17H25NO3. The van der Waals surface area contributed by atoms with Crippen LogP contribution >= 0.6 is 0 Å². The smallest absolute Gasteiger partial charge is 0.170 e. The van der Waals surface area contributed by atoms with Crippen molar-refractivity contribution in [2.24, 2.45) is 0 Å². The molecule has 116 valence electrons. The van der Waals surface area contributed by atoms with E-state index < -0.39 is 5.60 Å². The molecule has 1 N–H and O–H groups in total. The van der Waals surface area contributed by atoms with Gasteiger partial charge in [0, 0.05) is 19.6 Å². The first-order chi connectivity index (χ1) is 10.2. The Morgan fingerprint density at radius 2 is 1.76 bits per heavy atom. The molecule has 1 aromatic rings. The second-order valence-corrected chi connectivity index (χ2v) is 6.26. The molecule has 2 fully saturated rings. The Labute approximate surface area is 126 Å². The van der Waals surface area contributed by atoms with Gasteiger partial charge in [0.25, 0.3) is 0 Å². The van der Waals surface area contributed by atoms with E-state index >= 15 is 0 Å². The molecule has 1 aliphatic heterocycles. The Balaban J connectivity index is 1.64. The van der Waals surface area contributed by atoms with Crippen LogP contribution in [0.25, 0.3) is 0 Å². The Hall–Kier alpha value is -0.940. The molecule has 0 unspecified atom stereocenters. The van der Waals surface area contributed by atoms with E-state index in [1.807, 2.05) is 6.07 Å². The molecule has 21 heavy (non-hydrogen) atoms. The average Bonchev–Trinajstić information content (AvgIpc) is 3.12. The summed E-state index contributed by atoms with van der Waals surface area (Å²) in [4.78, 5) is 2.27. The summed E-state index contributed by atoms with van der Waals surface area (Å²) >= 11 is 0. The fourth-order valence-electron chi connectivity index (χ4n) is 3.36. The lowest BCUT2D eigenvalue weighted by atomic mass is 10.0. The Kier molecular flexibility index (Phi) is 4.91. The van der Waals surface area contributed by atoms with E-state index in [1.54, 1.807) is 0 Å². The summed E-state index contributed by atoms with van der Waals surface area (Å²) in [7, 11) is 0. The number of hydrogen-bond acceptors (Lipinski definition) is 4. The highest BCUT2D eigenvalue weighted by Crippen LogP contribution is 2.30. The molecule has 0 aromatic heterocycles. The second-order valence-electron chi connectivity index (χ2n) is 6.26. The predicted molar refractivity (Wildman–Crippen MR) is 80.8 cm³/mol. The molecule has 0 radical (unpaired) electrons. The second kappa shape index (κ2) is 6.88. The largest absolute Gasteiger partial charge is 0.389 e. The van der Waals surface area contributed by atoms with Crippen LogP contribution in [0.5, 0.6) is 0 Å². The van der Waals surface area contributed by atoms with E-state index in [1.165, 1.54) is 5.56 Å². The van der Waals surface area contributed by atoms with Gasteiger partial charge in [-0.3, -0.25) is 4.90 Å². The van der Waals surface area contributed by atoms with Gasteiger partial charge in [0.1, 0.15) is 0 Å². The van der Waals surface area contributed by atoms with Gasteiger partial charge in [-0.15, -0.1) is 0 Å². The fourth-order valence-corrected chi connectivity index (χ4v) is 3.36. The summed E-state index contributed by atoms with van der Waals surface area (Å²) in [5.74, 6) is 0. The molecular weight excluding hydrogens is 266 g/mol. The lowest BCUT2D eigenvalue weighted by Gasteiger charge is -2.32. The first-order valence-corrected chi connectivity index (χ1v) is 7.95. The van der Waals surface area contributed by atoms with E-state index in [0.29, 0.717) is 19.8 Å². The zero-order chi connectivity index (χ0) is 14.5. The zero-order valence-electron chi connectivity index (χ0n) is 12.5. The van der Waals surface area contributed by atoms with Gasteiger partial charge in [0.2, 0.25) is 0 Å². The molecule has 1 aliphatic carbocycles. The van der Waals surface area contributed by atoms with Crippen molar-refractivity contribution in [1.82, 2.24) is 4.90 Å². The van der Waals surface area contributed by atoms with Gasteiger partial charge in [-0.1, -0.05) is 43.2 Å². The number of nitrogens with zero attached hydrogens (tertiary/aromatic N) is 1. The summed E-state index contributed by atoms with van der Waals surface area (Å²) in [5.41, 5.74) is 0.727. The van der Waals surface area contributed by atoms with E-state index in [0.717, 1.165) is 38.8 Å². The summed E-state index contributed by atoms with van der Waals surface area (Å²) in [6.45, 7) is 3.59. The molecule has 1 saturated heterocycles. The topological polar surface area (TPSA) is 41.9 Å². The molecule has 1 aromatic carbocycles. The molecule has 2 aliphatic rings. The summed E-state index contributed by atoms with van der Waals surface area (Å²) < 4.78 is 11.1. The Morgan fingerprint density at radius 3 is 2.43 bits per heavy atom. The monoisotopic (exact) mass is 291 g/mol. The van der Waals surface area contributed by atoms with E-state index in [9.17, 15) is 5.11 Å². The molecule has 3 rings (SSSR count). The van der Waals surface area contributed by atoms with Crippen molar-refractivity contribution in [3.05, 3.63) is 35.9 Å². The van der Waals surface area contributed by atoms with E-state index in [-0.39, 0.29) is 6.29 Å². The van der Waals surface area contributed by atoms with Crippen LogP contribution in [0.1, 0.15) is 31.2 Å². The van der Waals surface area contributed by atoms with Crippen molar-refractivity contribution < 1.29 is 14.6 Å². The van der Waals surface area contributed by atoms with E-state index in [4.69, 9.17) is 9.47 Å². The van der Waals surface area contributed by atoms with Crippen LogP contribution in [0.15, 0.2) is 30.3 Å². The summed E-state index contributed by atoms with van der Waals surface area (Å²) in [5, 5.41) is 10.7. The van der Waals surface area contributed by atoms with Crippen LogP contribution in [0, 0.1) is 0 Å². The third-order valence-electron chi connectivity index (χ3n) is 4.40. The third kappa shape index (κ3) is 4.27. The van der Waals surface area contributed by atoms with Crippen LogP contribution in [0.3, 0.4) is 0 Å². The van der Waals surface area contributed by atoms with Gasteiger partial charge in [-0.2, -0.15) is 0 Å². The average molecular weight is 291 g/mol. The van der Waals surface area contributed by atoms with Crippen LogP contribution < -0.4 is 0 Å². The number of ether oxygens (including phenoxy) is 2. The van der Waals surface area contributed by atoms with Gasteiger partial charge >= 0.3 is 0 Å². The van der Waals surface area contributed by atoms with Gasteiger partial charge < -0.3 is 14.6 Å². The summed E-state index contributed by atoms with van der Waals surface area (Å²) in [6.07, 6.45) is 3.92. The lowest BCUT2D eigenvalue weighted by molar-refractivity contribution is -0.0782. The van der Waals surface area contributed by atoms with Crippen LogP contribution in [0.2, 0.25) is 0 Å². The van der Waals surface area contributed by atoms with Crippen molar-refractivity contribution in [3.63, 3.8) is 0 Å². The van der Waals surface area contributed by atoms with Crippen molar-refractivity contribution in [2.45, 2.75) is 44.1 Å². The first-order valence-electron chi connectivity index (χ1n) is 7.95. The van der Waals surface area contributed by atoms with Crippen LogP contribution in [-0.2, 0) is 16.0 Å². The van der Waals surface area contributed by atoms with Gasteiger partial charge in [0.05, 0.1) is 18.8 Å². The fraction of sp³-hybridized carbons (Fsp3) is 0.647. The predicted octanol–water partition coefficient (Wildman–Crippen LogP) is 2.17. The zero-order valence-corrected chi connectivity index (χ0v) is 12.5. The number of hydrogen-bond donors (Lipinski definition) is 1. The molecule has 1 saturated carbocycles. The maximum atomic E-state index is 10.7. The Morgan fingerprint density at radius 1 is 1.10 bits per heavy atom. The molecule has 0 amide bonds. The van der Waals surface area contributed by atoms with Crippen molar-refractivity contribution in [2.75, 3.05) is 26.3 Å². The third-order valence-corrected chi connectivity index (χ3v) is 4.40. The van der Waals surface area contributed by atoms with Gasteiger partial charge in [0.15, 0.2) is 6.29 Å². The maximum Gasteiger partial charge on any atom is 0.170 e. The SMILES string of the molecule is OC1(CN(Cc2ccccc2)CC2OCCO2)CCCC1. The highest BCUT2D eigenvalue weighted by Gasteiger charge is 2.34. The molecule has 0 atom stereocenters. The van der Waals surface area contributed by atoms with Crippen LogP contribution in [-0.4, -0.2) is 48.2 Å². The quantitative estimate of drug-likeness (QED) is 0.872. The maximum absolute atomic E-state index is 10.7. The highest BCUT2D eigenvalue weighted by atomic mass is 16.7.